The van der Waals surface area contributed by atoms with Gasteiger partial charge in [-0.05, 0) is 49.2 Å². The van der Waals surface area contributed by atoms with E-state index in [2.05, 4.69) is 29.4 Å². The number of hydrogen-bond donors (Lipinski definition) is 1. The van der Waals surface area contributed by atoms with Crippen molar-refractivity contribution in [3.8, 4) is 5.75 Å². The molecule has 0 bridgehead atoms. The van der Waals surface area contributed by atoms with Gasteiger partial charge >= 0.3 is 0 Å². The standard InChI is InChI=1S/C15H18N2O/c1-3-18-15-5-4-12(2)10-14(15)17-11-13-6-8-16-9-7-13/h4-10,17H,3,11H2,1-2H3. The first-order valence-corrected chi connectivity index (χ1v) is 6.16. The van der Waals surface area contributed by atoms with Crippen LogP contribution in [0.3, 0.4) is 0 Å². The maximum absolute atomic E-state index is 5.61. The lowest BCUT2D eigenvalue weighted by atomic mass is 10.2. The Morgan fingerprint density at radius 2 is 1.94 bits per heavy atom. The quantitative estimate of drug-likeness (QED) is 0.872. The van der Waals surface area contributed by atoms with Gasteiger partial charge in [0.25, 0.3) is 0 Å². The van der Waals surface area contributed by atoms with Crippen molar-refractivity contribution < 1.29 is 4.74 Å². The third-order valence-electron chi connectivity index (χ3n) is 2.67. The highest BCUT2D eigenvalue weighted by Crippen LogP contribution is 2.26. The molecule has 0 fully saturated rings. The van der Waals surface area contributed by atoms with Crippen LogP contribution < -0.4 is 10.1 Å². The first-order valence-electron chi connectivity index (χ1n) is 6.16. The fraction of sp³-hybridized carbons (Fsp3) is 0.267. The molecule has 0 atom stereocenters. The van der Waals surface area contributed by atoms with Crippen molar-refractivity contribution in [1.82, 2.24) is 4.98 Å². The molecule has 1 heterocycles. The lowest BCUT2D eigenvalue weighted by molar-refractivity contribution is 0.341. The van der Waals surface area contributed by atoms with Crippen LogP contribution in [0.1, 0.15) is 18.1 Å². The molecule has 2 aromatic rings. The van der Waals surface area contributed by atoms with Crippen LogP contribution in [0.25, 0.3) is 0 Å². The van der Waals surface area contributed by atoms with Crippen LogP contribution in [0, 0.1) is 6.92 Å². The van der Waals surface area contributed by atoms with Gasteiger partial charge in [0.15, 0.2) is 0 Å². The number of rotatable bonds is 5. The van der Waals surface area contributed by atoms with Gasteiger partial charge in [0.05, 0.1) is 12.3 Å². The third kappa shape index (κ3) is 3.23. The van der Waals surface area contributed by atoms with E-state index in [1.165, 1.54) is 11.1 Å². The Hall–Kier alpha value is -2.03. The summed E-state index contributed by atoms with van der Waals surface area (Å²) in [6.07, 6.45) is 3.60. The van der Waals surface area contributed by atoms with Gasteiger partial charge in [-0.3, -0.25) is 4.98 Å². The molecule has 3 heteroatoms. The van der Waals surface area contributed by atoms with Crippen molar-refractivity contribution in [2.75, 3.05) is 11.9 Å². The Bertz CT molecular complexity index is 497. The third-order valence-corrected chi connectivity index (χ3v) is 2.67. The fourth-order valence-corrected chi connectivity index (χ4v) is 1.76. The van der Waals surface area contributed by atoms with Gasteiger partial charge in [-0.25, -0.2) is 0 Å². The largest absolute Gasteiger partial charge is 0.492 e. The van der Waals surface area contributed by atoms with Crippen molar-refractivity contribution in [1.29, 1.82) is 0 Å². The number of nitrogens with one attached hydrogen (secondary N) is 1. The SMILES string of the molecule is CCOc1ccc(C)cc1NCc1ccncc1. The van der Waals surface area contributed by atoms with Crippen molar-refractivity contribution in [3.63, 3.8) is 0 Å². The summed E-state index contributed by atoms with van der Waals surface area (Å²) < 4.78 is 5.61. The average molecular weight is 242 g/mol. The molecule has 1 aromatic heterocycles. The Balaban J connectivity index is 2.10. The molecule has 0 spiro atoms. The first-order chi connectivity index (χ1) is 8.79. The Morgan fingerprint density at radius 1 is 1.17 bits per heavy atom. The second kappa shape index (κ2) is 6.05. The molecule has 1 aromatic carbocycles. The Morgan fingerprint density at radius 3 is 2.67 bits per heavy atom. The molecule has 0 aliphatic rings. The fourth-order valence-electron chi connectivity index (χ4n) is 1.76. The van der Waals surface area contributed by atoms with Crippen molar-refractivity contribution >= 4 is 5.69 Å². The minimum absolute atomic E-state index is 0.674. The number of benzene rings is 1. The van der Waals surface area contributed by atoms with Gasteiger partial charge in [0, 0.05) is 18.9 Å². The smallest absolute Gasteiger partial charge is 0.142 e. The number of nitrogens with zero attached hydrogens (tertiary/aromatic N) is 1. The van der Waals surface area contributed by atoms with Crippen molar-refractivity contribution in [2.45, 2.75) is 20.4 Å². The minimum atomic E-state index is 0.674. The summed E-state index contributed by atoms with van der Waals surface area (Å²) in [4.78, 5) is 4.01. The number of hydrogen-bond acceptors (Lipinski definition) is 3. The molecular formula is C15H18N2O. The lowest BCUT2D eigenvalue weighted by Crippen LogP contribution is -2.03. The van der Waals surface area contributed by atoms with Crippen LogP contribution in [0.2, 0.25) is 0 Å². The summed E-state index contributed by atoms with van der Waals surface area (Å²) in [7, 11) is 0. The lowest BCUT2D eigenvalue weighted by Gasteiger charge is -2.13. The highest BCUT2D eigenvalue weighted by atomic mass is 16.5. The van der Waals surface area contributed by atoms with E-state index in [0.717, 1.165) is 18.0 Å². The molecular weight excluding hydrogens is 224 g/mol. The monoisotopic (exact) mass is 242 g/mol. The van der Waals surface area contributed by atoms with Crippen LogP contribution in [0.15, 0.2) is 42.7 Å². The topological polar surface area (TPSA) is 34.1 Å². The summed E-state index contributed by atoms with van der Waals surface area (Å²) in [5, 5.41) is 3.40. The van der Waals surface area contributed by atoms with E-state index in [-0.39, 0.29) is 0 Å². The van der Waals surface area contributed by atoms with E-state index in [4.69, 9.17) is 4.74 Å². The molecule has 0 aliphatic heterocycles. The van der Waals surface area contributed by atoms with Crippen molar-refractivity contribution in [3.05, 3.63) is 53.9 Å². The van der Waals surface area contributed by atoms with E-state index < -0.39 is 0 Å². The highest BCUT2D eigenvalue weighted by molar-refractivity contribution is 5.58. The summed E-state index contributed by atoms with van der Waals surface area (Å²) in [6.45, 7) is 5.51. The molecule has 0 saturated heterocycles. The van der Waals surface area contributed by atoms with Gasteiger partial charge in [0.1, 0.15) is 5.75 Å². The molecule has 1 N–H and O–H groups in total. The average Bonchev–Trinajstić information content (AvgIpc) is 2.40. The molecule has 94 valence electrons. The minimum Gasteiger partial charge on any atom is -0.492 e. The summed E-state index contributed by atoms with van der Waals surface area (Å²) in [5.74, 6) is 0.900. The van der Waals surface area contributed by atoms with Gasteiger partial charge in [-0.2, -0.15) is 0 Å². The predicted octanol–water partition coefficient (Wildman–Crippen LogP) is 3.40. The van der Waals surface area contributed by atoms with Gasteiger partial charge in [0.2, 0.25) is 0 Å². The van der Waals surface area contributed by atoms with E-state index in [1.54, 1.807) is 12.4 Å². The summed E-state index contributed by atoms with van der Waals surface area (Å²) >= 11 is 0. The number of pyridine rings is 1. The zero-order chi connectivity index (χ0) is 12.8. The molecule has 2 rings (SSSR count). The molecule has 18 heavy (non-hydrogen) atoms. The Labute approximate surface area is 108 Å². The van der Waals surface area contributed by atoms with Crippen LogP contribution in [-0.2, 0) is 6.54 Å². The second-order valence-corrected chi connectivity index (χ2v) is 4.14. The van der Waals surface area contributed by atoms with E-state index in [0.29, 0.717) is 6.61 Å². The van der Waals surface area contributed by atoms with Gasteiger partial charge in [-0.1, -0.05) is 6.07 Å². The van der Waals surface area contributed by atoms with E-state index in [1.807, 2.05) is 25.1 Å². The number of ether oxygens (including phenoxy) is 1. The number of aromatic nitrogens is 1. The van der Waals surface area contributed by atoms with Crippen LogP contribution >= 0.6 is 0 Å². The van der Waals surface area contributed by atoms with E-state index >= 15 is 0 Å². The number of anilines is 1. The molecule has 0 amide bonds. The van der Waals surface area contributed by atoms with E-state index in [9.17, 15) is 0 Å². The summed E-state index contributed by atoms with van der Waals surface area (Å²) in [6, 6.07) is 10.2. The van der Waals surface area contributed by atoms with Crippen molar-refractivity contribution in [2.24, 2.45) is 0 Å². The predicted molar refractivity (Wildman–Crippen MR) is 73.9 cm³/mol. The molecule has 0 unspecified atom stereocenters. The molecule has 0 saturated carbocycles. The van der Waals surface area contributed by atoms with Gasteiger partial charge < -0.3 is 10.1 Å². The van der Waals surface area contributed by atoms with Gasteiger partial charge in [-0.15, -0.1) is 0 Å². The molecule has 3 nitrogen and oxygen atoms in total. The second-order valence-electron chi connectivity index (χ2n) is 4.14. The highest BCUT2D eigenvalue weighted by Gasteiger charge is 2.03. The molecule has 0 radical (unpaired) electrons. The van der Waals surface area contributed by atoms with Crippen LogP contribution in [0.5, 0.6) is 5.75 Å². The number of aryl methyl sites for hydroxylation is 1. The first kappa shape index (κ1) is 12.4. The normalized spacial score (nSPS) is 10.1. The maximum atomic E-state index is 5.61. The van der Waals surface area contributed by atoms with Crippen LogP contribution in [-0.4, -0.2) is 11.6 Å². The zero-order valence-electron chi connectivity index (χ0n) is 10.8. The Kier molecular flexibility index (Phi) is 4.18. The molecule has 0 aliphatic carbocycles. The van der Waals surface area contributed by atoms with Crippen LogP contribution in [0.4, 0.5) is 5.69 Å². The zero-order valence-corrected chi connectivity index (χ0v) is 10.8. The maximum Gasteiger partial charge on any atom is 0.142 e. The summed E-state index contributed by atoms with van der Waals surface area (Å²) in [5.41, 5.74) is 3.46.